The molecule has 0 N–H and O–H groups in total. The highest BCUT2D eigenvalue weighted by Crippen LogP contribution is 2.20. The van der Waals surface area contributed by atoms with Crippen molar-refractivity contribution in [2.45, 2.75) is 26.6 Å². The van der Waals surface area contributed by atoms with Crippen LogP contribution in [0.25, 0.3) is 0 Å². The van der Waals surface area contributed by atoms with Crippen LogP contribution in [0.2, 0.25) is 0 Å². The van der Waals surface area contributed by atoms with E-state index in [2.05, 4.69) is 0 Å². The van der Waals surface area contributed by atoms with Crippen molar-refractivity contribution in [1.82, 2.24) is 0 Å². The van der Waals surface area contributed by atoms with Gasteiger partial charge in [0.2, 0.25) is 11.2 Å². The number of hydrogen-bond acceptors (Lipinski definition) is 5. The van der Waals surface area contributed by atoms with Gasteiger partial charge in [0.1, 0.15) is 5.76 Å². The van der Waals surface area contributed by atoms with Gasteiger partial charge < -0.3 is 13.9 Å². The number of esters is 1. The highest BCUT2D eigenvalue weighted by atomic mass is 16.7. The minimum Gasteiger partial charge on any atom is -0.465 e. The number of ether oxygens (including phenoxy) is 2. The zero-order chi connectivity index (χ0) is 12.4. The largest absolute Gasteiger partial charge is 0.465 e. The van der Waals surface area contributed by atoms with Crippen LogP contribution in [0.3, 0.4) is 0 Å². The molecule has 5 heteroatoms. The van der Waals surface area contributed by atoms with Gasteiger partial charge in [-0.3, -0.25) is 4.79 Å². The highest BCUT2D eigenvalue weighted by molar-refractivity contribution is 5.90. The maximum Gasteiger partial charge on any atom is 0.336 e. The van der Waals surface area contributed by atoms with Crippen LogP contribution in [0.4, 0.5) is 0 Å². The standard InChI is InChI=1S/C12H12O5/c1-3-9-11(8(13)4-5-15-9)16-10-6-7(2)12(14)17-10/h4-6,10H,3H2,1-2H3. The van der Waals surface area contributed by atoms with Crippen molar-refractivity contribution in [1.29, 1.82) is 0 Å². The van der Waals surface area contributed by atoms with Crippen molar-refractivity contribution in [2.24, 2.45) is 0 Å². The lowest BCUT2D eigenvalue weighted by Gasteiger charge is -2.12. The lowest BCUT2D eigenvalue weighted by atomic mass is 10.3. The SMILES string of the molecule is CCc1occc(=O)c1OC1C=C(C)C(=O)O1. The minimum atomic E-state index is -0.849. The zero-order valence-electron chi connectivity index (χ0n) is 9.56. The quantitative estimate of drug-likeness (QED) is 0.742. The van der Waals surface area contributed by atoms with E-state index in [4.69, 9.17) is 13.9 Å². The molecule has 2 heterocycles. The minimum absolute atomic E-state index is 0.0961. The molecule has 1 aliphatic rings. The molecule has 1 aromatic heterocycles. The van der Waals surface area contributed by atoms with Crippen molar-refractivity contribution in [3.63, 3.8) is 0 Å². The fraction of sp³-hybridized carbons (Fsp3) is 0.333. The summed E-state index contributed by atoms with van der Waals surface area (Å²) >= 11 is 0. The molecular weight excluding hydrogens is 224 g/mol. The number of carbonyl (C=O) groups is 1. The summed E-state index contributed by atoms with van der Waals surface area (Å²) in [5, 5.41) is 0. The van der Waals surface area contributed by atoms with Crippen molar-refractivity contribution in [3.05, 3.63) is 40.0 Å². The number of hydrogen-bond donors (Lipinski definition) is 0. The summed E-state index contributed by atoms with van der Waals surface area (Å²) < 4.78 is 15.4. The van der Waals surface area contributed by atoms with E-state index in [1.165, 1.54) is 18.4 Å². The zero-order valence-corrected chi connectivity index (χ0v) is 9.56. The molecule has 0 aromatic carbocycles. The molecule has 17 heavy (non-hydrogen) atoms. The Balaban J connectivity index is 2.26. The number of aryl methyl sites for hydroxylation is 1. The second kappa shape index (κ2) is 4.45. The topological polar surface area (TPSA) is 65.7 Å². The van der Waals surface area contributed by atoms with E-state index in [9.17, 15) is 9.59 Å². The molecule has 0 spiro atoms. The molecule has 1 aliphatic heterocycles. The Morgan fingerprint density at radius 3 is 2.76 bits per heavy atom. The van der Waals surface area contributed by atoms with Crippen LogP contribution in [-0.4, -0.2) is 12.3 Å². The van der Waals surface area contributed by atoms with Crippen LogP contribution >= 0.6 is 0 Å². The van der Waals surface area contributed by atoms with Crippen LogP contribution < -0.4 is 10.2 Å². The van der Waals surface area contributed by atoms with Gasteiger partial charge >= 0.3 is 5.97 Å². The van der Waals surface area contributed by atoms with Crippen LogP contribution in [-0.2, 0) is 16.0 Å². The van der Waals surface area contributed by atoms with Crippen LogP contribution in [0, 0.1) is 0 Å². The number of carbonyl (C=O) groups excluding carboxylic acids is 1. The van der Waals surface area contributed by atoms with Gasteiger partial charge in [-0.2, -0.15) is 0 Å². The average Bonchev–Trinajstić information content (AvgIpc) is 2.61. The summed E-state index contributed by atoms with van der Waals surface area (Å²) in [6.07, 6.45) is 2.51. The maximum absolute atomic E-state index is 11.6. The third-order valence-corrected chi connectivity index (χ3v) is 2.39. The molecule has 0 radical (unpaired) electrons. The van der Waals surface area contributed by atoms with Gasteiger partial charge in [0.05, 0.1) is 6.26 Å². The first kappa shape index (κ1) is 11.4. The maximum atomic E-state index is 11.6. The summed E-state index contributed by atoms with van der Waals surface area (Å²) in [4.78, 5) is 22.7. The van der Waals surface area contributed by atoms with E-state index < -0.39 is 12.3 Å². The third-order valence-electron chi connectivity index (χ3n) is 2.39. The van der Waals surface area contributed by atoms with Gasteiger partial charge in [0, 0.05) is 24.1 Å². The van der Waals surface area contributed by atoms with E-state index in [-0.39, 0.29) is 11.2 Å². The molecule has 2 rings (SSSR count). The van der Waals surface area contributed by atoms with Crippen LogP contribution in [0.5, 0.6) is 5.75 Å². The van der Waals surface area contributed by atoms with Crippen molar-refractivity contribution < 1.29 is 18.7 Å². The molecule has 0 bridgehead atoms. The van der Waals surface area contributed by atoms with Crippen LogP contribution in [0.15, 0.2) is 33.2 Å². The van der Waals surface area contributed by atoms with E-state index in [0.29, 0.717) is 17.8 Å². The molecule has 1 atom stereocenters. The Hall–Kier alpha value is -2.04. The first-order valence-corrected chi connectivity index (χ1v) is 5.28. The smallest absolute Gasteiger partial charge is 0.336 e. The van der Waals surface area contributed by atoms with E-state index in [1.54, 1.807) is 6.92 Å². The Kier molecular flexibility index (Phi) is 2.99. The van der Waals surface area contributed by atoms with Gasteiger partial charge in [-0.1, -0.05) is 6.92 Å². The Labute approximate surface area is 97.6 Å². The summed E-state index contributed by atoms with van der Waals surface area (Å²) in [6.45, 7) is 3.47. The second-order valence-corrected chi connectivity index (χ2v) is 3.63. The van der Waals surface area contributed by atoms with Gasteiger partial charge in [0.15, 0.2) is 0 Å². The Bertz CT molecular complexity index is 526. The first-order chi connectivity index (χ1) is 8.11. The molecule has 0 saturated heterocycles. The van der Waals surface area contributed by atoms with E-state index in [0.717, 1.165) is 0 Å². The molecule has 1 unspecified atom stereocenters. The molecule has 1 aromatic rings. The van der Waals surface area contributed by atoms with E-state index in [1.807, 2.05) is 6.92 Å². The van der Waals surface area contributed by atoms with Gasteiger partial charge in [0.25, 0.3) is 6.29 Å². The van der Waals surface area contributed by atoms with Gasteiger partial charge in [-0.15, -0.1) is 0 Å². The van der Waals surface area contributed by atoms with Crippen molar-refractivity contribution >= 4 is 5.97 Å². The molecule has 5 nitrogen and oxygen atoms in total. The van der Waals surface area contributed by atoms with Gasteiger partial charge in [-0.05, 0) is 6.92 Å². The molecule has 0 fully saturated rings. The first-order valence-electron chi connectivity index (χ1n) is 5.28. The highest BCUT2D eigenvalue weighted by Gasteiger charge is 2.25. The van der Waals surface area contributed by atoms with Crippen molar-refractivity contribution in [3.8, 4) is 5.75 Å². The van der Waals surface area contributed by atoms with Crippen molar-refractivity contribution in [2.75, 3.05) is 0 Å². The summed E-state index contributed by atoms with van der Waals surface area (Å²) in [7, 11) is 0. The summed E-state index contributed by atoms with van der Waals surface area (Å²) in [5.74, 6) is 0.0959. The third kappa shape index (κ3) is 2.22. The summed E-state index contributed by atoms with van der Waals surface area (Å²) in [5.41, 5.74) is 0.176. The number of cyclic esters (lactones) is 1. The van der Waals surface area contributed by atoms with Crippen LogP contribution in [0.1, 0.15) is 19.6 Å². The Morgan fingerprint density at radius 1 is 1.41 bits per heavy atom. The Morgan fingerprint density at radius 2 is 2.18 bits per heavy atom. The molecule has 0 aliphatic carbocycles. The molecular formula is C12H12O5. The molecule has 0 saturated carbocycles. The average molecular weight is 236 g/mol. The second-order valence-electron chi connectivity index (χ2n) is 3.63. The fourth-order valence-corrected chi connectivity index (χ4v) is 1.49. The molecule has 90 valence electrons. The predicted molar refractivity (Wildman–Crippen MR) is 58.6 cm³/mol. The normalized spacial score (nSPS) is 18.8. The summed E-state index contributed by atoms with van der Waals surface area (Å²) in [6, 6.07) is 1.27. The van der Waals surface area contributed by atoms with Gasteiger partial charge in [-0.25, -0.2) is 4.79 Å². The monoisotopic (exact) mass is 236 g/mol. The lowest BCUT2D eigenvalue weighted by Crippen LogP contribution is -2.20. The van der Waals surface area contributed by atoms with E-state index >= 15 is 0 Å². The fourth-order valence-electron chi connectivity index (χ4n) is 1.49. The molecule has 0 amide bonds. The lowest BCUT2D eigenvalue weighted by molar-refractivity contribution is -0.148. The predicted octanol–water partition coefficient (Wildman–Crippen LogP) is 1.41. The number of rotatable bonds is 3.